The summed E-state index contributed by atoms with van der Waals surface area (Å²) in [6.07, 6.45) is 1.48. The van der Waals surface area contributed by atoms with E-state index in [-0.39, 0.29) is 18.2 Å². The van der Waals surface area contributed by atoms with Crippen LogP contribution in [0.3, 0.4) is 0 Å². The van der Waals surface area contributed by atoms with E-state index in [0.29, 0.717) is 13.0 Å². The molecule has 0 aliphatic carbocycles. The zero-order valence-electron chi connectivity index (χ0n) is 17.1. The summed E-state index contributed by atoms with van der Waals surface area (Å²) in [6, 6.07) is 6.56. The van der Waals surface area contributed by atoms with E-state index in [0.717, 1.165) is 12.0 Å². The van der Waals surface area contributed by atoms with Gasteiger partial charge in [-0.3, -0.25) is 14.4 Å². The molecule has 3 atom stereocenters. The van der Waals surface area contributed by atoms with Crippen LogP contribution in [-0.4, -0.2) is 58.4 Å². The van der Waals surface area contributed by atoms with Crippen molar-refractivity contribution >= 4 is 23.7 Å². The molecule has 1 aliphatic rings. The fourth-order valence-corrected chi connectivity index (χ4v) is 3.51. The summed E-state index contributed by atoms with van der Waals surface area (Å²) in [7, 11) is 0. The maximum absolute atomic E-state index is 12.9. The summed E-state index contributed by atoms with van der Waals surface area (Å²) >= 11 is 0. The summed E-state index contributed by atoms with van der Waals surface area (Å²) in [5.74, 6) is -2.58. The number of hydrogen-bond acceptors (Lipinski definition) is 4. The Bertz CT molecular complexity index is 750. The van der Waals surface area contributed by atoms with Crippen LogP contribution in [0.2, 0.25) is 0 Å². The fourth-order valence-electron chi connectivity index (χ4n) is 3.51. The van der Waals surface area contributed by atoms with Gasteiger partial charge < -0.3 is 20.6 Å². The summed E-state index contributed by atoms with van der Waals surface area (Å²) < 4.78 is 0. The highest BCUT2D eigenvalue weighted by atomic mass is 16.4. The third-order valence-electron chi connectivity index (χ3n) is 5.11. The van der Waals surface area contributed by atoms with Crippen molar-refractivity contribution in [1.82, 2.24) is 15.5 Å². The van der Waals surface area contributed by atoms with E-state index in [1.54, 1.807) is 13.8 Å². The van der Waals surface area contributed by atoms with Gasteiger partial charge in [-0.15, -0.1) is 0 Å². The molecule has 1 heterocycles. The zero-order valence-corrected chi connectivity index (χ0v) is 17.1. The molecule has 8 nitrogen and oxygen atoms in total. The third kappa shape index (κ3) is 6.04. The number of rotatable bonds is 8. The number of aliphatic carboxylic acids is 1. The van der Waals surface area contributed by atoms with Crippen molar-refractivity contribution in [2.24, 2.45) is 5.92 Å². The van der Waals surface area contributed by atoms with Crippen molar-refractivity contribution in [2.45, 2.75) is 58.2 Å². The maximum atomic E-state index is 12.9. The number of hydrogen-bond donors (Lipinski definition) is 3. The van der Waals surface area contributed by atoms with Crippen LogP contribution < -0.4 is 10.6 Å². The Balaban J connectivity index is 2.18. The second kappa shape index (κ2) is 10.0. The first kappa shape index (κ1) is 22.4. The molecule has 158 valence electrons. The molecule has 0 bridgehead atoms. The van der Waals surface area contributed by atoms with Gasteiger partial charge in [0.05, 0.1) is 0 Å². The van der Waals surface area contributed by atoms with Gasteiger partial charge in [-0.05, 0) is 24.3 Å². The van der Waals surface area contributed by atoms with Gasteiger partial charge in [0.25, 0.3) is 0 Å². The highest BCUT2D eigenvalue weighted by Crippen LogP contribution is 2.18. The zero-order chi connectivity index (χ0) is 21.6. The topological polar surface area (TPSA) is 116 Å². The van der Waals surface area contributed by atoms with Crippen LogP contribution >= 0.6 is 0 Å². The van der Waals surface area contributed by atoms with Gasteiger partial charge in [0.1, 0.15) is 18.1 Å². The molecule has 1 aliphatic heterocycles. The van der Waals surface area contributed by atoms with E-state index >= 15 is 0 Å². The van der Waals surface area contributed by atoms with Crippen LogP contribution in [0.1, 0.15) is 39.2 Å². The van der Waals surface area contributed by atoms with E-state index < -0.39 is 35.9 Å². The third-order valence-corrected chi connectivity index (χ3v) is 5.11. The van der Waals surface area contributed by atoms with Crippen molar-refractivity contribution in [3.05, 3.63) is 35.9 Å². The summed E-state index contributed by atoms with van der Waals surface area (Å²) in [5.41, 5.74) is 0.833. The molecule has 0 saturated carbocycles. The SMILES string of the molecule is CC(=O)N1CCC[C@H]1C(=O)N[C@@H](Cc1ccccc1)C(=O)N[C@H](C(=O)O)C(C)C. The number of nitrogens with zero attached hydrogens (tertiary/aromatic N) is 1. The largest absolute Gasteiger partial charge is 0.480 e. The molecule has 0 spiro atoms. The molecule has 29 heavy (non-hydrogen) atoms. The molecular formula is C21H29N3O5. The molecule has 2 rings (SSSR count). The Labute approximate surface area is 170 Å². The van der Waals surface area contributed by atoms with Gasteiger partial charge in [-0.2, -0.15) is 0 Å². The molecule has 1 saturated heterocycles. The number of carbonyl (C=O) groups is 4. The van der Waals surface area contributed by atoms with Crippen molar-refractivity contribution in [1.29, 1.82) is 0 Å². The van der Waals surface area contributed by atoms with Gasteiger partial charge >= 0.3 is 5.97 Å². The van der Waals surface area contributed by atoms with Crippen LogP contribution in [0, 0.1) is 5.92 Å². The van der Waals surface area contributed by atoms with Gasteiger partial charge in [0, 0.05) is 19.9 Å². The van der Waals surface area contributed by atoms with Gasteiger partial charge in [-0.25, -0.2) is 4.79 Å². The van der Waals surface area contributed by atoms with Crippen molar-refractivity contribution in [3.8, 4) is 0 Å². The van der Waals surface area contributed by atoms with Crippen molar-refractivity contribution < 1.29 is 24.3 Å². The molecule has 0 radical (unpaired) electrons. The van der Waals surface area contributed by atoms with Crippen LogP contribution in [0.4, 0.5) is 0 Å². The average molecular weight is 403 g/mol. The molecule has 1 aromatic rings. The second-order valence-electron chi connectivity index (χ2n) is 7.69. The maximum Gasteiger partial charge on any atom is 0.326 e. The number of nitrogens with one attached hydrogen (secondary N) is 2. The Kier molecular flexibility index (Phi) is 7.75. The Morgan fingerprint density at radius 1 is 1.14 bits per heavy atom. The molecule has 0 unspecified atom stereocenters. The van der Waals surface area contributed by atoms with Crippen LogP contribution in [0.5, 0.6) is 0 Å². The van der Waals surface area contributed by atoms with Crippen molar-refractivity contribution in [2.75, 3.05) is 6.54 Å². The van der Waals surface area contributed by atoms with Crippen LogP contribution in [0.25, 0.3) is 0 Å². The Morgan fingerprint density at radius 3 is 2.34 bits per heavy atom. The van der Waals surface area contributed by atoms with Crippen LogP contribution in [-0.2, 0) is 25.6 Å². The predicted octanol–water partition coefficient (Wildman–Crippen LogP) is 0.950. The first-order valence-corrected chi connectivity index (χ1v) is 9.85. The van der Waals surface area contributed by atoms with E-state index in [2.05, 4.69) is 10.6 Å². The number of carboxylic acid groups (broad SMARTS) is 1. The smallest absolute Gasteiger partial charge is 0.326 e. The minimum absolute atomic E-state index is 0.183. The predicted molar refractivity (Wildman–Crippen MR) is 107 cm³/mol. The molecule has 3 N–H and O–H groups in total. The molecule has 3 amide bonds. The quantitative estimate of drug-likeness (QED) is 0.598. The normalized spacial score (nSPS) is 18.2. The highest BCUT2D eigenvalue weighted by Gasteiger charge is 2.35. The lowest BCUT2D eigenvalue weighted by Gasteiger charge is -2.27. The summed E-state index contributed by atoms with van der Waals surface area (Å²) in [6.45, 7) is 5.33. The summed E-state index contributed by atoms with van der Waals surface area (Å²) in [5, 5.41) is 14.6. The number of likely N-dealkylation sites (tertiary alicyclic amines) is 1. The number of carbonyl (C=O) groups excluding carboxylic acids is 3. The van der Waals surface area contributed by atoms with Gasteiger partial charge in [0.15, 0.2) is 0 Å². The monoisotopic (exact) mass is 403 g/mol. The minimum atomic E-state index is -1.13. The minimum Gasteiger partial charge on any atom is -0.480 e. The van der Waals surface area contributed by atoms with Gasteiger partial charge in [-0.1, -0.05) is 44.2 Å². The lowest BCUT2D eigenvalue weighted by molar-refractivity contribution is -0.144. The lowest BCUT2D eigenvalue weighted by Crippen LogP contribution is -2.56. The number of amides is 3. The highest BCUT2D eigenvalue weighted by molar-refractivity contribution is 5.93. The lowest BCUT2D eigenvalue weighted by atomic mass is 10.0. The summed E-state index contributed by atoms with van der Waals surface area (Å²) in [4.78, 5) is 50.4. The molecular weight excluding hydrogens is 374 g/mol. The first-order valence-electron chi connectivity index (χ1n) is 9.85. The Hall–Kier alpha value is -2.90. The number of carboxylic acids is 1. The van der Waals surface area contributed by atoms with Crippen LogP contribution in [0.15, 0.2) is 30.3 Å². The van der Waals surface area contributed by atoms with E-state index in [1.807, 2.05) is 30.3 Å². The first-order chi connectivity index (χ1) is 13.7. The molecule has 1 fully saturated rings. The average Bonchev–Trinajstić information content (AvgIpc) is 3.16. The second-order valence-corrected chi connectivity index (χ2v) is 7.69. The Morgan fingerprint density at radius 2 is 1.79 bits per heavy atom. The molecule has 8 heteroatoms. The fraction of sp³-hybridized carbons (Fsp3) is 0.524. The van der Waals surface area contributed by atoms with Gasteiger partial charge in [0.2, 0.25) is 17.7 Å². The molecule has 0 aromatic heterocycles. The van der Waals surface area contributed by atoms with E-state index in [1.165, 1.54) is 11.8 Å². The van der Waals surface area contributed by atoms with E-state index in [9.17, 15) is 24.3 Å². The number of benzene rings is 1. The molecule has 1 aromatic carbocycles. The van der Waals surface area contributed by atoms with Crippen molar-refractivity contribution in [3.63, 3.8) is 0 Å². The van der Waals surface area contributed by atoms with E-state index in [4.69, 9.17) is 0 Å². The standard InChI is InChI=1S/C21H29N3O5/c1-13(2)18(21(28)29)23-19(26)16(12-15-8-5-4-6-9-15)22-20(27)17-10-7-11-24(17)14(3)25/h4-6,8-9,13,16-18H,7,10-12H2,1-3H3,(H,22,27)(H,23,26)(H,28,29)/t16-,17-,18-/m0/s1.